The molecule has 1 atom stereocenters. The van der Waals surface area contributed by atoms with E-state index in [4.69, 9.17) is 0 Å². The van der Waals surface area contributed by atoms with Gasteiger partial charge >= 0.3 is 0 Å². The second-order valence-electron chi connectivity index (χ2n) is 4.47. The molecular weight excluding hydrogens is 240 g/mol. The van der Waals surface area contributed by atoms with Gasteiger partial charge in [0.15, 0.2) is 0 Å². The molecule has 0 bridgehead atoms. The first-order valence-electron chi connectivity index (χ1n) is 6.10. The Hall–Kier alpha value is -1.74. The summed E-state index contributed by atoms with van der Waals surface area (Å²) in [6, 6.07) is 10.2. The van der Waals surface area contributed by atoms with Crippen LogP contribution >= 0.6 is 11.3 Å². The van der Waals surface area contributed by atoms with E-state index in [-0.39, 0.29) is 0 Å². The molecule has 0 radical (unpaired) electrons. The molecule has 90 valence electrons. The fraction of sp³-hybridized carbons (Fsp3) is 0.200. The molecule has 0 spiro atoms. The van der Waals surface area contributed by atoms with Crippen LogP contribution in [0.1, 0.15) is 18.4 Å². The van der Waals surface area contributed by atoms with E-state index in [0.29, 0.717) is 5.92 Å². The van der Waals surface area contributed by atoms with Crippen molar-refractivity contribution in [2.45, 2.75) is 13.3 Å². The van der Waals surface area contributed by atoms with Crippen LogP contribution in [-0.4, -0.2) is 10.2 Å². The molecule has 1 unspecified atom stereocenters. The lowest BCUT2D eigenvalue weighted by Crippen LogP contribution is -1.99. The normalized spacial score (nSPS) is 18.7. The molecule has 0 fully saturated rings. The number of benzene rings is 1. The van der Waals surface area contributed by atoms with Crippen molar-refractivity contribution in [1.29, 1.82) is 0 Å². The second-order valence-corrected chi connectivity index (χ2v) is 5.44. The Morgan fingerprint density at radius 3 is 2.67 bits per heavy atom. The van der Waals surface area contributed by atoms with Gasteiger partial charge in [-0.3, -0.25) is 0 Å². The van der Waals surface area contributed by atoms with Crippen LogP contribution in [0, 0.1) is 5.92 Å². The van der Waals surface area contributed by atoms with Crippen LogP contribution in [0.3, 0.4) is 0 Å². The van der Waals surface area contributed by atoms with Crippen molar-refractivity contribution in [3.63, 3.8) is 0 Å². The zero-order valence-electron chi connectivity index (χ0n) is 10.2. The Morgan fingerprint density at radius 1 is 1.11 bits per heavy atom. The number of allylic oxidation sites excluding steroid dienone is 4. The molecule has 2 nitrogen and oxygen atoms in total. The van der Waals surface area contributed by atoms with Gasteiger partial charge in [0.2, 0.25) is 0 Å². The SMILES string of the molecule is CC1CC=CC=C1c1nnc(-c2ccccc2)s1. The highest BCUT2D eigenvalue weighted by molar-refractivity contribution is 7.15. The smallest absolute Gasteiger partial charge is 0.138 e. The van der Waals surface area contributed by atoms with Crippen molar-refractivity contribution in [3.8, 4) is 10.6 Å². The zero-order valence-corrected chi connectivity index (χ0v) is 11.0. The van der Waals surface area contributed by atoms with Gasteiger partial charge < -0.3 is 0 Å². The summed E-state index contributed by atoms with van der Waals surface area (Å²) >= 11 is 1.67. The highest BCUT2D eigenvalue weighted by Crippen LogP contribution is 2.33. The number of nitrogens with zero attached hydrogens (tertiary/aromatic N) is 2. The summed E-state index contributed by atoms with van der Waals surface area (Å²) in [5.41, 5.74) is 2.44. The third-order valence-electron chi connectivity index (χ3n) is 3.13. The van der Waals surface area contributed by atoms with Gasteiger partial charge in [-0.15, -0.1) is 10.2 Å². The summed E-state index contributed by atoms with van der Waals surface area (Å²) in [7, 11) is 0. The molecule has 0 saturated carbocycles. The van der Waals surface area contributed by atoms with Crippen molar-refractivity contribution in [2.24, 2.45) is 5.92 Å². The van der Waals surface area contributed by atoms with Crippen molar-refractivity contribution >= 4 is 16.9 Å². The Bertz CT molecular complexity index is 596. The first-order valence-corrected chi connectivity index (χ1v) is 6.92. The lowest BCUT2D eigenvalue weighted by atomic mass is 9.94. The summed E-state index contributed by atoms with van der Waals surface area (Å²) in [5, 5.41) is 10.7. The van der Waals surface area contributed by atoms with E-state index < -0.39 is 0 Å². The van der Waals surface area contributed by atoms with E-state index in [9.17, 15) is 0 Å². The summed E-state index contributed by atoms with van der Waals surface area (Å²) < 4.78 is 0. The third kappa shape index (κ3) is 2.14. The topological polar surface area (TPSA) is 25.8 Å². The number of rotatable bonds is 2. The first-order chi connectivity index (χ1) is 8.84. The highest BCUT2D eigenvalue weighted by Gasteiger charge is 2.16. The number of aromatic nitrogens is 2. The Kier molecular flexibility index (Phi) is 3.07. The third-order valence-corrected chi connectivity index (χ3v) is 4.15. The van der Waals surface area contributed by atoms with E-state index in [1.165, 1.54) is 5.57 Å². The lowest BCUT2D eigenvalue weighted by molar-refractivity contribution is 0.755. The lowest BCUT2D eigenvalue weighted by Gasteiger charge is -2.13. The van der Waals surface area contributed by atoms with Crippen LogP contribution in [0.2, 0.25) is 0 Å². The molecule has 1 aliphatic rings. The molecule has 0 N–H and O–H groups in total. The predicted molar refractivity (Wildman–Crippen MR) is 76.2 cm³/mol. The average molecular weight is 254 g/mol. The van der Waals surface area contributed by atoms with Crippen molar-refractivity contribution in [3.05, 3.63) is 53.6 Å². The first kappa shape index (κ1) is 11.4. The van der Waals surface area contributed by atoms with Crippen molar-refractivity contribution < 1.29 is 0 Å². The summed E-state index contributed by atoms with van der Waals surface area (Å²) in [6.45, 7) is 2.24. The molecule has 0 saturated heterocycles. The Balaban J connectivity index is 1.95. The maximum absolute atomic E-state index is 4.33. The predicted octanol–water partition coefficient (Wildman–Crippen LogP) is 4.18. The maximum Gasteiger partial charge on any atom is 0.148 e. The zero-order chi connectivity index (χ0) is 12.4. The van der Waals surface area contributed by atoms with E-state index in [1.54, 1.807) is 11.3 Å². The Labute approximate surface area is 111 Å². The molecule has 1 heterocycles. The largest absolute Gasteiger partial charge is 0.148 e. The van der Waals surface area contributed by atoms with Crippen molar-refractivity contribution in [1.82, 2.24) is 10.2 Å². The van der Waals surface area contributed by atoms with Gasteiger partial charge in [0.1, 0.15) is 10.0 Å². The molecular formula is C15H14N2S. The fourth-order valence-corrected chi connectivity index (χ4v) is 3.05. The summed E-state index contributed by atoms with van der Waals surface area (Å²) in [5.74, 6) is 0.534. The molecule has 1 aromatic heterocycles. The van der Waals surface area contributed by atoms with Gasteiger partial charge in [0.25, 0.3) is 0 Å². The molecule has 0 aliphatic heterocycles. The van der Waals surface area contributed by atoms with Crippen LogP contribution in [0.15, 0.2) is 48.6 Å². The fourth-order valence-electron chi connectivity index (χ4n) is 2.06. The van der Waals surface area contributed by atoms with Gasteiger partial charge in [-0.25, -0.2) is 0 Å². The molecule has 1 aliphatic carbocycles. The molecule has 3 rings (SSSR count). The van der Waals surface area contributed by atoms with Crippen LogP contribution in [-0.2, 0) is 0 Å². The highest BCUT2D eigenvalue weighted by atomic mass is 32.1. The summed E-state index contributed by atoms with van der Waals surface area (Å²) in [6.07, 6.45) is 7.56. The van der Waals surface area contributed by atoms with Gasteiger partial charge in [-0.2, -0.15) is 0 Å². The monoisotopic (exact) mass is 254 g/mol. The standard InChI is InChI=1S/C15H14N2S/c1-11-7-5-6-10-13(11)15-17-16-14(18-15)12-8-3-2-4-9-12/h2-6,8-11H,7H2,1H3. The second kappa shape index (κ2) is 4.86. The van der Waals surface area contributed by atoms with Gasteiger partial charge in [-0.05, 0) is 17.9 Å². The summed E-state index contributed by atoms with van der Waals surface area (Å²) in [4.78, 5) is 0. The minimum absolute atomic E-state index is 0.534. The molecule has 0 amide bonds. The molecule has 3 heteroatoms. The van der Waals surface area contributed by atoms with Gasteiger partial charge in [-0.1, -0.05) is 66.8 Å². The van der Waals surface area contributed by atoms with E-state index >= 15 is 0 Å². The van der Waals surface area contributed by atoms with Crippen LogP contribution < -0.4 is 0 Å². The molecule has 1 aromatic carbocycles. The van der Waals surface area contributed by atoms with Crippen LogP contribution in [0.25, 0.3) is 16.1 Å². The van der Waals surface area contributed by atoms with Gasteiger partial charge in [0, 0.05) is 5.56 Å². The van der Waals surface area contributed by atoms with Crippen molar-refractivity contribution in [2.75, 3.05) is 0 Å². The maximum atomic E-state index is 4.33. The Morgan fingerprint density at radius 2 is 1.89 bits per heavy atom. The minimum Gasteiger partial charge on any atom is -0.138 e. The minimum atomic E-state index is 0.534. The van der Waals surface area contributed by atoms with Crippen LogP contribution in [0.5, 0.6) is 0 Å². The quantitative estimate of drug-likeness (QED) is 0.803. The molecule has 2 aromatic rings. The molecule has 18 heavy (non-hydrogen) atoms. The average Bonchev–Trinajstić information content (AvgIpc) is 2.90. The van der Waals surface area contributed by atoms with E-state index in [2.05, 4.69) is 47.5 Å². The number of hydrogen-bond donors (Lipinski definition) is 0. The van der Waals surface area contributed by atoms with E-state index in [1.807, 2.05) is 18.2 Å². The van der Waals surface area contributed by atoms with Gasteiger partial charge in [0.05, 0.1) is 0 Å². The van der Waals surface area contributed by atoms with Crippen LogP contribution in [0.4, 0.5) is 0 Å². The van der Waals surface area contributed by atoms with E-state index in [0.717, 1.165) is 22.0 Å². The number of hydrogen-bond acceptors (Lipinski definition) is 3.